The average molecular weight is 642 g/mol. The molecule has 0 aliphatic carbocycles. The summed E-state index contributed by atoms with van der Waals surface area (Å²) in [5.74, 6) is -0.250. The summed E-state index contributed by atoms with van der Waals surface area (Å²) in [6.45, 7) is 3.47. The second kappa shape index (κ2) is 12.0. The zero-order valence-corrected chi connectivity index (χ0v) is 26.5. The maximum atomic E-state index is 15.1. The summed E-state index contributed by atoms with van der Waals surface area (Å²) in [5.41, 5.74) is 3.37. The number of anilines is 1. The van der Waals surface area contributed by atoms with Crippen LogP contribution >= 0.6 is 22.9 Å². The van der Waals surface area contributed by atoms with Crippen LogP contribution in [0.5, 0.6) is 0 Å². The molecule has 0 spiro atoms. The standard InChI is InChI=1S/C35H28ClNO5S2/c1-22-19-32(23(2)18-27(22)36)44(39,40)37(28-21-31(24-12-6-4-7-13-24)43-34(28)35(38)41-3)33(25-14-8-5-9-15-25)30-20-26-16-10-11-17-29(26)42-30/h4-21,33H,1-3H3. The van der Waals surface area contributed by atoms with Crippen molar-refractivity contribution < 1.29 is 22.4 Å². The van der Waals surface area contributed by atoms with Gasteiger partial charge in [-0.2, -0.15) is 0 Å². The van der Waals surface area contributed by atoms with Crippen molar-refractivity contribution in [1.82, 2.24) is 0 Å². The third-order valence-electron chi connectivity index (χ3n) is 7.44. The number of sulfonamides is 1. The molecule has 0 aliphatic rings. The average Bonchev–Trinajstić information content (AvgIpc) is 3.66. The van der Waals surface area contributed by atoms with Crippen molar-refractivity contribution in [3.05, 3.63) is 142 Å². The molecule has 6 nitrogen and oxygen atoms in total. The summed E-state index contributed by atoms with van der Waals surface area (Å²) in [6.07, 6.45) is 0. The van der Waals surface area contributed by atoms with Gasteiger partial charge in [0.1, 0.15) is 22.3 Å². The first-order valence-electron chi connectivity index (χ1n) is 13.8. The van der Waals surface area contributed by atoms with Gasteiger partial charge in [0, 0.05) is 15.3 Å². The van der Waals surface area contributed by atoms with Gasteiger partial charge in [0.25, 0.3) is 10.0 Å². The van der Waals surface area contributed by atoms with Gasteiger partial charge in [-0.05, 0) is 66.4 Å². The van der Waals surface area contributed by atoms with Gasteiger partial charge in [-0.25, -0.2) is 17.5 Å². The van der Waals surface area contributed by atoms with E-state index in [9.17, 15) is 4.79 Å². The zero-order valence-electron chi connectivity index (χ0n) is 24.2. The molecule has 0 saturated carbocycles. The Balaban J connectivity index is 1.70. The minimum Gasteiger partial charge on any atom is -0.465 e. The number of rotatable bonds is 8. The molecule has 6 aromatic rings. The smallest absolute Gasteiger partial charge is 0.350 e. The molecule has 0 fully saturated rings. The molecule has 4 aromatic carbocycles. The van der Waals surface area contributed by atoms with E-state index in [0.717, 1.165) is 10.9 Å². The van der Waals surface area contributed by atoms with Gasteiger partial charge in [-0.15, -0.1) is 11.3 Å². The number of hydrogen-bond donors (Lipinski definition) is 0. The quantitative estimate of drug-likeness (QED) is 0.155. The number of para-hydroxylation sites is 1. The fourth-order valence-corrected chi connectivity index (χ4v) is 8.52. The minimum absolute atomic E-state index is 0.0692. The number of benzene rings is 4. The molecule has 1 atom stereocenters. The number of thiophene rings is 1. The predicted octanol–water partition coefficient (Wildman–Crippen LogP) is 9.20. The van der Waals surface area contributed by atoms with Crippen LogP contribution in [0.15, 0.2) is 119 Å². The molecule has 0 aliphatic heterocycles. The molecular weight excluding hydrogens is 614 g/mol. The third-order valence-corrected chi connectivity index (χ3v) is 10.9. The van der Waals surface area contributed by atoms with Crippen molar-refractivity contribution >= 4 is 55.6 Å². The number of carbonyl (C=O) groups excluding carboxylic acids is 1. The molecule has 222 valence electrons. The Bertz CT molecular complexity index is 2050. The van der Waals surface area contributed by atoms with Gasteiger partial charge in [-0.3, -0.25) is 0 Å². The molecule has 6 rings (SSSR count). The van der Waals surface area contributed by atoms with Crippen molar-refractivity contribution in [2.45, 2.75) is 24.8 Å². The van der Waals surface area contributed by atoms with Gasteiger partial charge in [-0.1, -0.05) is 90.5 Å². The molecule has 44 heavy (non-hydrogen) atoms. The zero-order chi connectivity index (χ0) is 31.0. The maximum absolute atomic E-state index is 15.1. The summed E-state index contributed by atoms with van der Waals surface area (Å²) in [5, 5.41) is 1.28. The van der Waals surface area contributed by atoms with Crippen molar-refractivity contribution in [3.8, 4) is 10.4 Å². The second-order valence-electron chi connectivity index (χ2n) is 10.4. The van der Waals surface area contributed by atoms with E-state index < -0.39 is 22.0 Å². The van der Waals surface area contributed by atoms with Crippen LogP contribution in [0.4, 0.5) is 5.69 Å². The lowest BCUT2D eigenvalue weighted by Gasteiger charge is -2.32. The van der Waals surface area contributed by atoms with Crippen LogP contribution < -0.4 is 4.31 Å². The van der Waals surface area contributed by atoms with Crippen molar-refractivity contribution in [1.29, 1.82) is 0 Å². The van der Waals surface area contributed by atoms with Crippen LogP contribution in [0, 0.1) is 13.8 Å². The summed E-state index contributed by atoms with van der Waals surface area (Å²) < 4.78 is 43.1. The van der Waals surface area contributed by atoms with Crippen LogP contribution in [-0.4, -0.2) is 21.5 Å². The number of halogens is 1. The highest BCUT2D eigenvalue weighted by Gasteiger charge is 2.40. The molecular formula is C35H28ClNO5S2. The lowest BCUT2D eigenvalue weighted by Crippen LogP contribution is -2.36. The van der Waals surface area contributed by atoms with Crippen LogP contribution in [0.1, 0.15) is 38.2 Å². The molecule has 2 heterocycles. The van der Waals surface area contributed by atoms with Gasteiger partial charge in [0.05, 0.1) is 17.7 Å². The highest BCUT2D eigenvalue weighted by atomic mass is 35.5. The van der Waals surface area contributed by atoms with E-state index in [-0.39, 0.29) is 15.5 Å². The Morgan fingerprint density at radius 2 is 1.52 bits per heavy atom. The molecule has 9 heteroatoms. The number of hydrogen-bond acceptors (Lipinski definition) is 6. The monoisotopic (exact) mass is 641 g/mol. The number of methoxy groups -OCH3 is 1. The summed E-state index contributed by atoms with van der Waals surface area (Å²) in [7, 11) is -3.09. The number of nitrogens with zero attached hydrogens (tertiary/aromatic N) is 1. The van der Waals surface area contributed by atoms with E-state index in [1.165, 1.54) is 22.8 Å². The predicted molar refractivity (Wildman–Crippen MR) is 176 cm³/mol. The Morgan fingerprint density at radius 1 is 0.864 bits per heavy atom. The Morgan fingerprint density at radius 3 is 2.20 bits per heavy atom. The molecule has 0 amide bonds. The summed E-state index contributed by atoms with van der Waals surface area (Å²) in [6, 6.07) is 32.1. The highest BCUT2D eigenvalue weighted by Crippen LogP contribution is 2.46. The van der Waals surface area contributed by atoms with Gasteiger partial charge < -0.3 is 9.15 Å². The molecule has 0 N–H and O–H groups in total. The van der Waals surface area contributed by atoms with E-state index in [1.54, 1.807) is 32.0 Å². The third kappa shape index (κ3) is 5.41. The lowest BCUT2D eigenvalue weighted by molar-refractivity contribution is 0.0607. The van der Waals surface area contributed by atoms with E-state index in [4.69, 9.17) is 20.8 Å². The molecule has 0 saturated heterocycles. The Kier molecular flexibility index (Phi) is 8.07. The number of aryl methyl sites for hydroxylation is 2. The van der Waals surface area contributed by atoms with Crippen LogP contribution in [0.25, 0.3) is 21.4 Å². The van der Waals surface area contributed by atoms with Gasteiger partial charge >= 0.3 is 5.97 Å². The van der Waals surface area contributed by atoms with Crippen molar-refractivity contribution in [2.24, 2.45) is 0 Å². The fraction of sp³-hybridized carbons (Fsp3) is 0.114. The molecule has 0 bridgehead atoms. The number of esters is 1. The summed E-state index contributed by atoms with van der Waals surface area (Å²) in [4.78, 5) is 14.3. The van der Waals surface area contributed by atoms with Crippen molar-refractivity contribution in [2.75, 3.05) is 11.4 Å². The highest BCUT2D eigenvalue weighted by molar-refractivity contribution is 7.93. The van der Waals surface area contributed by atoms with E-state index in [1.807, 2.05) is 91.0 Å². The second-order valence-corrected chi connectivity index (χ2v) is 13.6. The largest absolute Gasteiger partial charge is 0.465 e. The molecule has 2 aromatic heterocycles. The summed E-state index contributed by atoms with van der Waals surface area (Å²) >= 11 is 7.58. The van der Waals surface area contributed by atoms with Crippen LogP contribution in [-0.2, 0) is 14.8 Å². The Hall–Kier alpha value is -4.37. The van der Waals surface area contributed by atoms with Gasteiger partial charge in [0.15, 0.2) is 0 Å². The van der Waals surface area contributed by atoms with E-state index in [2.05, 4.69) is 0 Å². The fourth-order valence-electron chi connectivity index (χ4n) is 5.26. The number of furan rings is 1. The van der Waals surface area contributed by atoms with Crippen LogP contribution in [0.2, 0.25) is 5.02 Å². The maximum Gasteiger partial charge on any atom is 0.350 e. The number of carbonyl (C=O) groups is 1. The number of fused-ring (bicyclic) bond motifs is 1. The topological polar surface area (TPSA) is 76.8 Å². The minimum atomic E-state index is -4.38. The number of ether oxygens (including phenoxy) is 1. The van der Waals surface area contributed by atoms with E-state index in [0.29, 0.717) is 37.9 Å². The SMILES string of the molecule is COC(=O)c1sc(-c2ccccc2)cc1N(C(c1ccccc1)c1cc2ccccc2o1)S(=O)(=O)c1cc(C)c(Cl)cc1C. The molecule has 0 radical (unpaired) electrons. The van der Waals surface area contributed by atoms with Gasteiger partial charge in [0.2, 0.25) is 0 Å². The normalized spacial score (nSPS) is 12.3. The molecule has 1 unspecified atom stereocenters. The lowest BCUT2D eigenvalue weighted by atomic mass is 10.0. The first kappa shape index (κ1) is 29.7. The Labute approximate surface area is 265 Å². The van der Waals surface area contributed by atoms with Crippen LogP contribution in [0.3, 0.4) is 0 Å². The van der Waals surface area contributed by atoms with E-state index >= 15 is 8.42 Å². The first-order valence-corrected chi connectivity index (χ1v) is 16.4. The van der Waals surface area contributed by atoms with Crippen molar-refractivity contribution in [3.63, 3.8) is 0 Å². The first-order chi connectivity index (χ1) is 21.2.